The van der Waals surface area contributed by atoms with Gasteiger partial charge < -0.3 is 10.2 Å². The monoisotopic (exact) mass is 372 g/mol. The van der Waals surface area contributed by atoms with Crippen molar-refractivity contribution in [2.75, 3.05) is 20.1 Å². The molecular formula is C22H29ClN2O. The fourth-order valence-corrected chi connectivity index (χ4v) is 4.22. The number of likely N-dealkylation sites (tertiary alicyclic amines) is 1. The molecule has 0 spiro atoms. The maximum atomic E-state index is 13.7. The van der Waals surface area contributed by atoms with Crippen LogP contribution in [0.15, 0.2) is 60.7 Å². The number of nitrogens with zero attached hydrogens (tertiary/aromatic N) is 1. The Hall–Kier alpha value is -1.84. The first-order chi connectivity index (χ1) is 12.1. The van der Waals surface area contributed by atoms with E-state index in [4.69, 9.17) is 0 Å². The van der Waals surface area contributed by atoms with E-state index in [2.05, 4.69) is 48.3 Å². The average molecular weight is 373 g/mol. The average Bonchev–Trinajstić information content (AvgIpc) is 2.95. The highest BCUT2D eigenvalue weighted by Gasteiger charge is 2.56. The highest BCUT2D eigenvalue weighted by Crippen LogP contribution is 2.47. The minimum absolute atomic E-state index is 0. The van der Waals surface area contributed by atoms with Crippen LogP contribution in [0.3, 0.4) is 0 Å². The van der Waals surface area contributed by atoms with Crippen molar-refractivity contribution in [2.24, 2.45) is 5.92 Å². The molecule has 1 amide bonds. The Kier molecular flexibility index (Phi) is 6.85. The summed E-state index contributed by atoms with van der Waals surface area (Å²) in [6.07, 6.45) is 0.968. The van der Waals surface area contributed by atoms with Crippen molar-refractivity contribution in [1.29, 1.82) is 0 Å². The molecule has 0 bridgehead atoms. The molecule has 1 fully saturated rings. The molecule has 2 aromatic carbocycles. The van der Waals surface area contributed by atoms with Gasteiger partial charge in [-0.2, -0.15) is 0 Å². The van der Waals surface area contributed by atoms with E-state index < -0.39 is 5.41 Å². The summed E-state index contributed by atoms with van der Waals surface area (Å²) in [6, 6.07) is 20.9. The molecule has 1 atom stereocenters. The predicted molar refractivity (Wildman–Crippen MR) is 110 cm³/mol. The molecule has 140 valence electrons. The van der Waals surface area contributed by atoms with Gasteiger partial charge in [0.1, 0.15) is 5.41 Å². The van der Waals surface area contributed by atoms with Crippen molar-refractivity contribution in [3.63, 3.8) is 0 Å². The minimum atomic E-state index is -0.594. The quantitative estimate of drug-likeness (QED) is 0.834. The van der Waals surface area contributed by atoms with Crippen molar-refractivity contribution in [2.45, 2.75) is 31.7 Å². The predicted octanol–water partition coefficient (Wildman–Crippen LogP) is 3.87. The summed E-state index contributed by atoms with van der Waals surface area (Å²) in [5, 5.41) is 3.26. The van der Waals surface area contributed by atoms with Gasteiger partial charge in [-0.15, -0.1) is 12.4 Å². The Bertz CT molecular complexity index is 663. The maximum absolute atomic E-state index is 13.7. The fraction of sp³-hybridized carbons (Fsp3) is 0.409. The molecule has 0 radical (unpaired) electrons. The topological polar surface area (TPSA) is 32.3 Å². The lowest BCUT2D eigenvalue weighted by atomic mass is 9.66. The Morgan fingerprint density at radius 1 is 1.04 bits per heavy atom. The first-order valence-corrected chi connectivity index (χ1v) is 9.19. The van der Waals surface area contributed by atoms with Gasteiger partial charge in [-0.1, -0.05) is 60.7 Å². The van der Waals surface area contributed by atoms with Gasteiger partial charge in [0, 0.05) is 18.5 Å². The Balaban J connectivity index is 0.00000243. The zero-order valence-electron chi connectivity index (χ0n) is 15.8. The van der Waals surface area contributed by atoms with Gasteiger partial charge in [0.25, 0.3) is 0 Å². The molecule has 0 saturated carbocycles. The van der Waals surface area contributed by atoms with Crippen LogP contribution in [-0.4, -0.2) is 37.0 Å². The molecule has 1 saturated heterocycles. The highest BCUT2D eigenvalue weighted by molar-refractivity contribution is 5.95. The van der Waals surface area contributed by atoms with Crippen molar-refractivity contribution in [3.8, 4) is 0 Å². The maximum Gasteiger partial charge on any atom is 0.238 e. The van der Waals surface area contributed by atoms with E-state index in [1.54, 1.807) is 0 Å². The summed E-state index contributed by atoms with van der Waals surface area (Å²) in [5.74, 6) is 0.487. The number of hydrogen-bond donors (Lipinski definition) is 1. The Morgan fingerprint density at radius 3 is 1.96 bits per heavy atom. The molecule has 1 heterocycles. The normalized spacial score (nSPS) is 18.8. The summed E-state index contributed by atoms with van der Waals surface area (Å²) in [7, 11) is 1.98. The van der Waals surface area contributed by atoms with E-state index in [1.165, 1.54) is 0 Å². The second-order valence-electron chi connectivity index (χ2n) is 7.18. The second-order valence-corrected chi connectivity index (χ2v) is 7.18. The molecule has 3 nitrogen and oxygen atoms in total. The molecule has 1 aliphatic heterocycles. The molecule has 0 aromatic heterocycles. The van der Waals surface area contributed by atoms with Gasteiger partial charge in [-0.3, -0.25) is 4.79 Å². The van der Waals surface area contributed by atoms with E-state index in [9.17, 15) is 4.79 Å². The standard InChI is InChI=1S/C22H28N2O.ClH/c1-17(2)24-16-20(14-15-23-3)22(21(24)25,18-10-6-4-7-11-18)19-12-8-5-9-13-19;/h4-13,17,20,23H,14-16H2,1-3H3;1H. The van der Waals surface area contributed by atoms with Gasteiger partial charge in [0.05, 0.1) is 0 Å². The number of carbonyl (C=O) groups is 1. The van der Waals surface area contributed by atoms with Crippen LogP contribution in [0.1, 0.15) is 31.4 Å². The van der Waals surface area contributed by atoms with Crippen LogP contribution in [0.5, 0.6) is 0 Å². The number of nitrogens with one attached hydrogen (secondary N) is 1. The van der Waals surface area contributed by atoms with Crippen LogP contribution < -0.4 is 5.32 Å². The lowest BCUT2D eigenvalue weighted by molar-refractivity contribution is -0.132. The van der Waals surface area contributed by atoms with E-state index in [0.29, 0.717) is 0 Å². The van der Waals surface area contributed by atoms with E-state index in [-0.39, 0.29) is 30.3 Å². The van der Waals surface area contributed by atoms with Crippen molar-refractivity contribution in [3.05, 3.63) is 71.8 Å². The van der Waals surface area contributed by atoms with Gasteiger partial charge in [-0.25, -0.2) is 0 Å². The number of rotatable bonds is 6. The molecule has 4 heteroatoms. The Labute approximate surface area is 163 Å². The van der Waals surface area contributed by atoms with Gasteiger partial charge in [0.15, 0.2) is 0 Å². The summed E-state index contributed by atoms with van der Waals surface area (Å²) in [6.45, 7) is 5.94. The second kappa shape index (κ2) is 8.70. The third kappa shape index (κ3) is 3.38. The van der Waals surface area contributed by atoms with E-state index in [1.807, 2.05) is 43.4 Å². The number of benzene rings is 2. The molecule has 1 N–H and O–H groups in total. The number of hydrogen-bond acceptors (Lipinski definition) is 2. The Morgan fingerprint density at radius 2 is 1.54 bits per heavy atom. The summed E-state index contributed by atoms with van der Waals surface area (Å²) in [5.41, 5.74) is 1.62. The number of amides is 1. The van der Waals surface area contributed by atoms with Crippen molar-refractivity contribution < 1.29 is 4.79 Å². The van der Waals surface area contributed by atoms with Crippen LogP contribution in [-0.2, 0) is 10.2 Å². The number of halogens is 1. The van der Waals surface area contributed by atoms with Gasteiger partial charge >= 0.3 is 0 Å². The van der Waals surface area contributed by atoms with Crippen LogP contribution in [0.4, 0.5) is 0 Å². The van der Waals surface area contributed by atoms with Crippen LogP contribution in [0, 0.1) is 5.92 Å². The van der Waals surface area contributed by atoms with Crippen LogP contribution in [0.25, 0.3) is 0 Å². The lowest BCUT2D eigenvalue weighted by Crippen LogP contribution is -2.44. The minimum Gasteiger partial charge on any atom is -0.339 e. The van der Waals surface area contributed by atoms with Gasteiger partial charge in [0.2, 0.25) is 5.91 Å². The lowest BCUT2D eigenvalue weighted by Gasteiger charge is -2.34. The SMILES string of the molecule is CNCCC1CN(C(C)C)C(=O)C1(c1ccccc1)c1ccccc1.Cl. The highest BCUT2D eigenvalue weighted by atomic mass is 35.5. The van der Waals surface area contributed by atoms with E-state index in [0.717, 1.165) is 30.6 Å². The molecule has 0 aliphatic carbocycles. The van der Waals surface area contributed by atoms with Crippen molar-refractivity contribution >= 4 is 18.3 Å². The van der Waals surface area contributed by atoms with Crippen LogP contribution in [0.2, 0.25) is 0 Å². The zero-order valence-corrected chi connectivity index (χ0v) is 16.6. The third-order valence-corrected chi connectivity index (χ3v) is 5.45. The first kappa shape index (κ1) is 20.5. The molecular weight excluding hydrogens is 344 g/mol. The first-order valence-electron chi connectivity index (χ1n) is 9.19. The van der Waals surface area contributed by atoms with E-state index >= 15 is 0 Å². The molecule has 3 rings (SSSR count). The molecule has 1 aliphatic rings. The zero-order chi connectivity index (χ0) is 17.9. The summed E-state index contributed by atoms with van der Waals surface area (Å²) >= 11 is 0. The summed E-state index contributed by atoms with van der Waals surface area (Å²) in [4.78, 5) is 15.8. The largest absolute Gasteiger partial charge is 0.339 e. The molecule has 1 unspecified atom stereocenters. The third-order valence-electron chi connectivity index (χ3n) is 5.45. The number of carbonyl (C=O) groups excluding carboxylic acids is 1. The van der Waals surface area contributed by atoms with Crippen molar-refractivity contribution in [1.82, 2.24) is 10.2 Å². The smallest absolute Gasteiger partial charge is 0.238 e. The van der Waals surface area contributed by atoms with Crippen LogP contribution >= 0.6 is 12.4 Å². The molecule has 2 aromatic rings. The summed E-state index contributed by atoms with van der Waals surface area (Å²) < 4.78 is 0. The molecule has 26 heavy (non-hydrogen) atoms. The van der Waals surface area contributed by atoms with Gasteiger partial charge in [-0.05, 0) is 45.0 Å². The fourth-order valence-electron chi connectivity index (χ4n) is 4.22.